The number of esters is 1. The van der Waals surface area contributed by atoms with Crippen LogP contribution < -0.4 is 0 Å². The van der Waals surface area contributed by atoms with E-state index in [1.807, 2.05) is 63.3 Å². The van der Waals surface area contributed by atoms with Gasteiger partial charge in [0.2, 0.25) is 0 Å². The summed E-state index contributed by atoms with van der Waals surface area (Å²) in [6.45, 7) is 5.72. The summed E-state index contributed by atoms with van der Waals surface area (Å²) in [4.78, 5) is 12.2. The average molecular weight is 465 g/mol. The third kappa shape index (κ3) is 7.32. The number of unbranched alkanes of at least 4 members (excludes halogenated alkanes) is 1. The molecule has 2 N–H and O–H groups in total. The molecule has 2 aliphatic rings. The van der Waals surface area contributed by atoms with Gasteiger partial charge in [0.15, 0.2) is 0 Å². The van der Waals surface area contributed by atoms with Crippen LogP contribution in [0.5, 0.6) is 0 Å². The molecule has 1 aromatic carbocycles. The Kier molecular flexibility index (Phi) is 9.99. The highest BCUT2D eigenvalue weighted by Crippen LogP contribution is 2.50. The highest BCUT2D eigenvalue weighted by atomic mass is 16.5. The summed E-state index contributed by atoms with van der Waals surface area (Å²) < 4.78 is 5.56. The Morgan fingerprint density at radius 2 is 2.00 bits per heavy atom. The molecule has 1 aromatic rings. The molecule has 7 atom stereocenters. The van der Waals surface area contributed by atoms with Crippen LogP contribution in [-0.4, -0.2) is 28.4 Å². The van der Waals surface area contributed by atoms with Crippen LogP contribution in [0, 0.1) is 35.5 Å². The molecule has 0 aromatic heterocycles. The van der Waals surface area contributed by atoms with E-state index in [9.17, 15) is 15.0 Å². The molecule has 184 valence electrons. The van der Waals surface area contributed by atoms with Gasteiger partial charge in [0.25, 0.3) is 0 Å². The first-order valence-corrected chi connectivity index (χ1v) is 12.8. The monoisotopic (exact) mass is 464 g/mol. The molecule has 0 amide bonds. The van der Waals surface area contributed by atoms with Crippen LogP contribution in [0.1, 0.15) is 77.4 Å². The SMILES string of the molecule is CC#CCC(C)[C@H](O)C=C[C@@H]1[C@H]2CC(=CCCCC(=O)O[C@@H](C)c3ccccc3)C[C@H]2C[C@H]1O. The Morgan fingerprint density at radius 3 is 2.74 bits per heavy atom. The maximum absolute atomic E-state index is 12.2. The third-order valence-corrected chi connectivity index (χ3v) is 7.42. The lowest BCUT2D eigenvalue weighted by Gasteiger charge is -2.19. The summed E-state index contributed by atoms with van der Waals surface area (Å²) in [5, 5.41) is 21.0. The van der Waals surface area contributed by atoms with Gasteiger partial charge in [-0.25, -0.2) is 0 Å². The summed E-state index contributed by atoms with van der Waals surface area (Å²) >= 11 is 0. The Hall–Kier alpha value is -2.35. The van der Waals surface area contributed by atoms with Gasteiger partial charge in [-0.15, -0.1) is 11.8 Å². The number of ether oxygens (including phenoxy) is 1. The van der Waals surface area contributed by atoms with Crippen LogP contribution in [0.25, 0.3) is 0 Å². The molecule has 0 saturated heterocycles. The number of rotatable bonds is 10. The number of fused-ring (bicyclic) bond motifs is 1. The minimum atomic E-state index is -0.534. The number of hydrogen-bond acceptors (Lipinski definition) is 4. The van der Waals surface area contributed by atoms with Crippen molar-refractivity contribution in [3.8, 4) is 11.8 Å². The first kappa shape index (κ1) is 26.3. The molecule has 0 radical (unpaired) electrons. The average Bonchev–Trinajstić information content (AvgIpc) is 3.35. The first-order chi connectivity index (χ1) is 16.4. The quantitative estimate of drug-likeness (QED) is 0.200. The first-order valence-electron chi connectivity index (χ1n) is 12.8. The Labute approximate surface area is 205 Å². The fraction of sp³-hybridized carbons (Fsp3) is 0.567. The third-order valence-electron chi connectivity index (χ3n) is 7.42. The second kappa shape index (κ2) is 12.9. The van der Waals surface area contributed by atoms with Gasteiger partial charge in [0.05, 0.1) is 12.2 Å². The summed E-state index contributed by atoms with van der Waals surface area (Å²) in [7, 11) is 0. The Bertz CT molecular complexity index is 907. The largest absolute Gasteiger partial charge is 0.458 e. The van der Waals surface area contributed by atoms with Crippen molar-refractivity contribution >= 4 is 5.97 Å². The van der Waals surface area contributed by atoms with E-state index in [1.165, 1.54) is 5.57 Å². The van der Waals surface area contributed by atoms with Crippen LogP contribution in [-0.2, 0) is 9.53 Å². The normalized spacial score (nSPS) is 27.7. The Morgan fingerprint density at radius 1 is 1.24 bits per heavy atom. The van der Waals surface area contributed by atoms with Gasteiger partial charge in [0.1, 0.15) is 6.10 Å². The molecular weight excluding hydrogens is 424 g/mol. The van der Waals surface area contributed by atoms with Crippen LogP contribution in [0.4, 0.5) is 0 Å². The minimum absolute atomic E-state index is 0.0828. The zero-order chi connectivity index (χ0) is 24.5. The van der Waals surface area contributed by atoms with Crippen molar-refractivity contribution in [2.45, 2.75) is 84.0 Å². The standard InChI is InChI=1S/C30H40O4/c1-4-5-11-21(2)28(31)17-16-26-27-19-23(18-25(27)20-29(26)32)12-9-10-15-30(33)34-22(3)24-13-7-6-8-14-24/h6-8,12-14,16-17,21-22,25-29,31-32H,9-11,15,18-20H2,1-3H3/t21?,22-,25-,26+,27-,28+,29+/m0/s1. The zero-order valence-electron chi connectivity index (χ0n) is 20.8. The summed E-state index contributed by atoms with van der Waals surface area (Å²) in [5.41, 5.74) is 2.45. The molecule has 4 nitrogen and oxygen atoms in total. The second-order valence-corrected chi connectivity index (χ2v) is 9.99. The number of benzene rings is 1. The van der Waals surface area contributed by atoms with E-state index in [2.05, 4.69) is 17.9 Å². The summed E-state index contributed by atoms with van der Waals surface area (Å²) in [6.07, 6.45) is 10.7. The maximum Gasteiger partial charge on any atom is 0.306 e. The lowest BCUT2D eigenvalue weighted by Crippen LogP contribution is -2.19. The number of aliphatic hydroxyl groups is 2. The number of aliphatic hydroxyl groups excluding tert-OH is 2. The molecule has 0 bridgehead atoms. The number of allylic oxidation sites excluding steroid dienone is 2. The van der Waals surface area contributed by atoms with Gasteiger partial charge in [-0.05, 0) is 69.3 Å². The van der Waals surface area contributed by atoms with Gasteiger partial charge >= 0.3 is 5.97 Å². The molecule has 2 aliphatic carbocycles. The van der Waals surface area contributed by atoms with Crippen LogP contribution in [0.3, 0.4) is 0 Å². The molecule has 0 aliphatic heterocycles. The molecule has 34 heavy (non-hydrogen) atoms. The minimum Gasteiger partial charge on any atom is -0.458 e. The number of carbonyl (C=O) groups is 1. The van der Waals surface area contributed by atoms with Crippen molar-refractivity contribution in [3.05, 3.63) is 59.7 Å². The fourth-order valence-corrected chi connectivity index (χ4v) is 5.36. The summed E-state index contributed by atoms with van der Waals surface area (Å²) in [6, 6.07) is 9.81. The summed E-state index contributed by atoms with van der Waals surface area (Å²) in [5.74, 6) is 6.88. The molecule has 0 heterocycles. The molecular formula is C30H40O4. The van der Waals surface area contributed by atoms with E-state index in [0.29, 0.717) is 24.7 Å². The van der Waals surface area contributed by atoms with Gasteiger partial charge in [0, 0.05) is 18.8 Å². The van der Waals surface area contributed by atoms with Gasteiger partial charge in [-0.1, -0.05) is 61.1 Å². The Balaban J connectivity index is 1.43. The van der Waals surface area contributed by atoms with Crippen molar-refractivity contribution < 1.29 is 19.7 Å². The van der Waals surface area contributed by atoms with Crippen molar-refractivity contribution in [2.24, 2.45) is 23.7 Å². The molecule has 2 fully saturated rings. The number of hydrogen-bond donors (Lipinski definition) is 2. The predicted molar refractivity (Wildman–Crippen MR) is 136 cm³/mol. The maximum atomic E-state index is 12.2. The smallest absolute Gasteiger partial charge is 0.306 e. The molecule has 2 saturated carbocycles. The second-order valence-electron chi connectivity index (χ2n) is 9.99. The van der Waals surface area contributed by atoms with Crippen molar-refractivity contribution in [3.63, 3.8) is 0 Å². The molecule has 1 unspecified atom stereocenters. The van der Waals surface area contributed by atoms with Crippen LogP contribution in [0.15, 0.2) is 54.1 Å². The van der Waals surface area contributed by atoms with E-state index in [1.54, 1.807) is 0 Å². The highest BCUT2D eigenvalue weighted by molar-refractivity contribution is 5.69. The van der Waals surface area contributed by atoms with E-state index in [0.717, 1.165) is 37.7 Å². The fourth-order valence-electron chi connectivity index (χ4n) is 5.36. The molecule has 0 spiro atoms. The van der Waals surface area contributed by atoms with E-state index in [4.69, 9.17) is 4.74 Å². The van der Waals surface area contributed by atoms with Crippen molar-refractivity contribution in [2.75, 3.05) is 0 Å². The lowest BCUT2D eigenvalue weighted by molar-refractivity contribution is -0.148. The van der Waals surface area contributed by atoms with Crippen molar-refractivity contribution in [1.29, 1.82) is 0 Å². The van der Waals surface area contributed by atoms with E-state index in [-0.39, 0.29) is 30.0 Å². The van der Waals surface area contributed by atoms with E-state index >= 15 is 0 Å². The highest BCUT2D eigenvalue weighted by Gasteiger charge is 2.45. The lowest BCUT2D eigenvalue weighted by atomic mass is 9.89. The zero-order valence-corrected chi connectivity index (χ0v) is 20.8. The van der Waals surface area contributed by atoms with Crippen molar-refractivity contribution in [1.82, 2.24) is 0 Å². The predicted octanol–water partition coefficient (Wildman–Crippen LogP) is 5.76. The topological polar surface area (TPSA) is 66.8 Å². The number of carbonyl (C=O) groups excluding carboxylic acids is 1. The molecule has 4 heteroatoms. The van der Waals surface area contributed by atoms with Gasteiger partial charge in [-0.2, -0.15) is 0 Å². The van der Waals surface area contributed by atoms with Gasteiger partial charge < -0.3 is 14.9 Å². The van der Waals surface area contributed by atoms with Gasteiger partial charge in [-0.3, -0.25) is 4.79 Å². The van der Waals surface area contributed by atoms with E-state index < -0.39 is 6.10 Å². The van der Waals surface area contributed by atoms with Crippen LogP contribution in [0.2, 0.25) is 0 Å². The molecule has 3 rings (SSSR count). The van der Waals surface area contributed by atoms with Crippen LogP contribution >= 0.6 is 0 Å².